The van der Waals surface area contributed by atoms with Crippen LogP contribution in [0.3, 0.4) is 0 Å². The normalized spacial score (nSPS) is 17.0. The van der Waals surface area contributed by atoms with E-state index in [9.17, 15) is 4.79 Å². The lowest BCUT2D eigenvalue weighted by Crippen LogP contribution is -2.44. The molecule has 1 aliphatic heterocycles. The molecule has 0 aromatic heterocycles. The molecule has 1 unspecified atom stereocenters. The van der Waals surface area contributed by atoms with Gasteiger partial charge in [0.1, 0.15) is 0 Å². The fourth-order valence-corrected chi connectivity index (χ4v) is 4.06. The monoisotopic (exact) mass is 349 g/mol. The minimum absolute atomic E-state index is 0.0180. The van der Waals surface area contributed by atoms with Crippen LogP contribution in [0.25, 0.3) is 0 Å². The Morgan fingerprint density at radius 3 is 2.62 bits per heavy atom. The number of nitrogens with one attached hydrogen (secondary N) is 2. The summed E-state index contributed by atoms with van der Waals surface area (Å²) in [4.78, 5) is 15.0. The maximum atomic E-state index is 12.5. The van der Waals surface area contributed by atoms with E-state index in [4.69, 9.17) is 0 Å². The van der Waals surface area contributed by atoms with Gasteiger partial charge in [-0.2, -0.15) is 0 Å². The Hall–Kier alpha value is -1.04. The number of amides is 1. The first-order chi connectivity index (χ1) is 11.7. The van der Waals surface area contributed by atoms with Crippen molar-refractivity contribution in [3.63, 3.8) is 0 Å². The molecule has 1 amide bonds. The van der Waals surface area contributed by atoms with Crippen LogP contribution in [0.15, 0.2) is 30.3 Å². The second-order valence-electron chi connectivity index (χ2n) is 6.70. The molecule has 0 aliphatic carbocycles. The van der Waals surface area contributed by atoms with Gasteiger partial charge in [-0.05, 0) is 24.4 Å². The Balaban J connectivity index is 1.68. The highest BCUT2D eigenvalue weighted by Crippen LogP contribution is 2.23. The zero-order valence-corrected chi connectivity index (χ0v) is 15.8. The molecule has 1 aliphatic rings. The highest BCUT2D eigenvalue weighted by atomic mass is 32.2. The summed E-state index contributed by atoms with van der Waals surface area (Å²) in [6.45, 7) is 10.5. The first-order valence-electron chi connectivity index (χ1n) is 9.03. The van der Waals surface area contributed by atoms with Gasteiger partial charge < -0.3 is 15.5 Å². The summed E-state index contributed by atoms with van der Waals surface area (Å²) in [6.07, 6.45) is 1.03. The van der Waals surface area contributed by atoms with Gasteiger partial charge in [-0.1, -0.05) is 44.2 Å². The summed E-state index contributed by atoms with van der Waals surface area (Å²) < 4.78 is 0. The van der Waals surface area contributed by atoms with E-state index >= 15 is 0 Å². The molecule has 2 rings (SSSR count). The largest absolute Gasteiger partial charge is 0.355 e. The third-order valence-corrected chi connectivity index (χ3v) is 5.91. The lowest BCUT2D eigenvalue weighted by Gasteiger charge is -2.27. The second-order valence-corrected chi connectivity index (χ2v) is 7.83. The first kappa shape index (κ1) is 19.3. The molecule has 0 bridgehead atoms. The van der Waals surface area contributed by atoms with Gasteiger partial charge in [0.25, 0.3) is 0 Å². The van der Waals surface area contributed by atoms with Crippen molar-refractivity contribution in [1.29, 1.82) is 0 Å². The zero-order chi connectivity index (χ0) is 17.2. The van der Waals surface area contributed by atoms with Crippen LogP contribution in [0, 0.1) is 5.92 Å². The van der Waals surface area contributed by atoms with Crippen molar-refractivity contribution < 1.29 is 4.79 Å². The van der Waals surface area contributed by atoms with Crippen molar-refractivity contribution in [1.82, 2.24) is 15.5 Å². The van der Waals surface area contributed by atoms with E-state index in [-0.39, 0.29) is 11.2 Å². The second kappa shape index (κ2) is 10.7. The fraction of sp³-hybridized carbons (Fsp3) is 0.632. The molecule has 0 saturated carbocycles. The van der Waals surface area contributed by atoms with Gasteiger partial charge in [0, 0.05) is 38.5 Å². The first-order valence-corrected chi connectivity index (χ1v) is 10.1. The Bertz CT molecular complexity index is 475. The van der Waals surface area contributed by atoms with Crippen LogP contribution >= 0.6 is 11.8 Å². The quantitative estimate of drug-likeness (QED) is 0.672. The average Bonchev–Trinajstić information content (AvgIpc) is 2.60. The molecule has 4 nitrogen and oxygen atoms in total. The smallest absolute Gasteiger partial charge is 0.233 e. The molecule has 0 spiro atoms. The summed E-state index contributed by atoms with van der Waals surface area (Å²) in [5.74, 6) is 1.41. The molecular formula is C19H31N3OS. The molecule has 0 radical (unpaired) electrons. The number of piperazine rings is 1. The van der Waals surface area contributed by atoms with Crippen molar-refractivity contribution in [3.05, 3.63) is 35.9 Å². The van der Waals surface area contributed by atoms with Gasteiger partial charge in [-0.3, -0.25) is 4.79 Å². The minimum atomic E-state index is 0.0180. The summed E-state index contributed by atoms with van der Waals surface area (Å²) in [6, 6.07) is 10.4. The van der Waals surface area contributed by atoms with Gasteiger partial charge in [0.2, 0.25) is 5.91 Å². The molecule has 1 aromatic carbocycles. The van der Waals surface area contributed by atoms with Crippen molar-refractivity contribution in [2.24, 2.45) is 5.92 Å². The van der Waals surface area contributed by atoms with Crippen LogP contribution in [0.4, 0.5) is 0 Å². The van der Waals surface area contributed by atoms with E-state index < -0.39 is 0 Å². The van der Waals surface area contributed by atoms with Crippen LogP contribution in [-0.4, -0.2) is 55.3 Å². The number of benzene rings is 1. The molecule has 1 fully saturated rings. The maximum Gasteiger partial charge on any atom is 0.233 e. The molecule has 5 heteroatoms. The molecule has 1 aromatic rings. The zero-order valence-electron chi connectivity index (χ0n) is 15.0. The van der Waals surface area contributed by atoms with Gasteiger partial charge in [-0.25, -0.2) is 0 Å². The van der Waals surface area contributed by atoms with E-state index in [0.717, 1.165) is 51.4 Å². The van der Waals surface area contributed by atoms with Crippen LogP contribution < -0.4 is 10.6 Å². The lowest BCUT2D eigenvalue weighted by molar-refractivity contribution is -0.121. The van der Waals surface area contributed by atoms with Crippen molar-refractivity contribution in [2.45, 2.75) is 31.3 Å². The number of carbonyl (C=O) groups is 1. The van der Waals surface area contributed by atoms with Gasteiger partial charge in [0.15, 0.2) is 0 Å². The molecule has 1 atom stereocenters. The molecule has 2 N–H and O–H groups in total. The van der Waals surface area contributed by atoms with E-state index in [0.29, 0.717) is 5.92 Å². The predicted molar refractivity (Wildman–Crippen MR) is 103 cm³/mol. The van der Waals surface area contributed by atoms with Crippen LogP contribution in [-0.2, 0) is 10.5 Å². The van der Waals surface area contributed by atoms with E-state index in [2.05, 4.69) is 53.6 Å². The van der Waals surface area contributed by atoms with Crippen molar-refractivity contribution >= 4 is 17.7 Å². The standard InChI is InChI=1S/C19H31N3OS/c1-16(2)18(24-15-17-7-4-3-5-8-17)19(23)21-9-6-12-22-13-10-20-11-14-22/h3-5,7-8,16,18,20H,6,9-15H2,1-2H3,(H,21,23). The average molecular weight is 350 g/mol. The molecule has 1 heterocycles. The third kappa shape index (κ3) is 6.83. The Kier molecular flexibility index (Phi) is 8.64. The van der Waals surface area contributed by atoms with Gasteiger partial charge >= 0.3 is 0 Å². The Morgan fingerprint density at radius 2 is 1.96 bits per heavy atom. The Morgan fingerprint density at radius 1 is 1.25 bits per heavy atom. The maximum absolute atomic E-state index is 12.5. The van der Waals surface area contributed by atoms with E-state index in [1.807, 2.05) is 6.07 Å². The van der Waals surface area contributed by atoms with Crippen molar-refractivity contribution in [3.8, 4) is 0 Å². The fourth-order valence-electron chi connectivity index (χ4n) is 2.88. The van der Waals surface area contributed by atoms with E-state index in [1.54, 1.807) is 11.8 Å². The summed E-state index contributed by atoms with van der Waals surface area (Å²) in [5, 5.41) is 6.52. The number of thioether (sulfide) groups is 1. The summed E-state index contributed by atoms with van der Waals surface area (Å²) in [7, 11) is 0. The third-order valence-electron chi connectivity index (χ3n) is 4.30. The molecule has 24 heavy (non-hydrogen) atoms. The predicted octanol–water partition coefficient (Wildman–Crippen LogP) is 2.36. The van der Waals surface area contributed by atoms with Crippen LogP contribution in [0.2, 0.25) is 0 Å². The highest BCUT2D eigenvalue weighted by Gasteiger charge is 2.22. The number of hydrogen-bond acceptors (Lipinski definition) is 4. The topological polar surface area (TPSA) is 44.4 Å². The molecular weight excluding hydrogens is 318 g/mol. The molecule has 1 saturated heterocycles. The Labute approximate surface area is 150 Å². The van der Waals surface area contributed by atoms with E-state index in [1.165, 1.54) is 5.56 Å². The number of carbonyl (C=O) groups excluding carboxylic acids is 1. The summed E-state index contributed by atoms with van der Waals surface area (Å²) in [5.41, 5.74) is 1.28. The number of rotatable bonds is 9. The van der Waals surface area contributed by atoms with Gasteiger partial charge in [0.05, 0.1) is 5.25 Å². The molecule has 134 valence electrons. The lowest BCUT2D eigenvalue weighted by atomic mass is 10.1. The van der Waals surface area contributed by atoms with Crippen LogP contribution in [0.1, 0.15) is 25.8 Å². The number of hydrogen-bond donors (Lipinski definition) is 2. The SMILES string of the molecule is CC(C)C(SCc1ccccc1)C(=O)NCCCN1CCNCC1. The highest BCUT2D eigenvalue weighted by molar-refractivity contribution is 7.99. The van der Waals surface area contributed by atoms with Crippen molar-refractivity contribution in [2.75, 3.05) is 39.3 Å². The van der Waals surface area contributed by atoms with Gasteiger partial charge in [-0.15, -0.1) is 11.8 Å². The van der Waals surface area contributed by atoms with Crippen LogP contribution in [0.5, 0.6) is 0 Å². The minimum Gasteiger partial charge on any atom is -0.355 e. The summed E-state index contributed by atoms with van der Waals surface area (Å²) >= 11 is 1.75. The number of nitrogens with zero attached hydrogens (tertiary/aromatic N) is 1.